The number of halogens is 1. The Morgan fingerprint density at radius 3 is 2.32 bits per heavy atom. The Hall–Kier alpha value is -1.34. The van der Waals surface area contributed by atoms with Gasteiger partial charge in [0.15, 0.2) is 0 Å². The van der Waals surface area contributed by atoms with Crippen molar-refractivity contribution in [1.82, 2.24) is 0 Å². The van der Waals surface area contributed by atoms with Gasteiger partial charge in [-0.15, -0.1) is 0 Å². The second kappa shape index (κ2) is 4.64. The zero-order valence-electron chi connectivity index (χ0n) is 11.5. The summed E-state index contributed by atoms with van der Waals surface area (Å²) in [6.07, 6.45) is 5.48. The fourth-order valence-electron chi connectivity index (χ4n) is 3.11. The summed E-state index contributed by atoms with van der Waals surface area (Å²) in [6.45, 7) is 6.57. The predicted octanol–water partition coefficient (Wildman–Crippen LogP) is 5.61. The SMILES string of the molecule is Cc1cc(C)c(-c2cc(Br)c3c(c2)CC=C3)c(C)c1. The summed E-state index contributed by atoms with van der Waals surface area (Å²) in [5, 5.41) is 0. The van der Waals surface area contributed by atoms with Crippen molar-refractivity contribution >= 4 is 22.0 Å². The molecular formula is C18H17Br. The number of hydrogen-bond donors (Lipinski definition) is 0. The molecule has 1 aliphatic carbocycles. The van der Waals surface area contributed by atoms with Gasteiger partial charge in [-0.2, -0.15) is 0 Å². The molecule has 2 aromatic carbocycles. The van der Waals surface area contributed by atoms with Gasteiger partial charge in [-0.1, -0.05) is 51.8 Å². The van der Waals surface area contributed by atoms with Crippen molar-refractivity contribution in [2.75, 3.05) is 0 Å². The van der Waals surface area contributed by atoms with Crippen LogP contribution in [0.4, 0.5) is 0 Å². The van der Waals surface area contributed by atoms with Crippen LogP contribution in [0.5, 0.6) is 0 Å². The zero-order chi connectivity index (χ0) is 13.6. The molecule has 0 spiro atoms. The first-order valence-corrected chi connectivity index (χ1v) is 7.43. The molecule has 19 heavy (non-hydrogen) atoms. The van der Waals surface area contributed by atoms with E-state index in [9.17, 15) is 0 Å². The third-order valence-corrected chi connectivity index (χ3v) is 4.46. The summed E-state index contributed by atoms with van der Waals surface area (Å²) < 4.78 is 1.20. The van der Waals surface area contributed by atoms with Crippen LogP contribution in [0.1, 0.15) is 27.8 Å². The Balaban J connectivity index is 2.22. The van der Waals surface area contributed by atoms with Crippen LogP contribution in [0.2, 0.25) is 0 Å². The van der Waals surface area contributed by atoms with Gasteiger partial charge in [0.2, 0.25) is 0 Å². The van der Waals surface area contributed by atoms with Crippen molar-refractivity contribution < 1.29 is 0 Å². The van der Waals surface area contributed by atoms with E-state index in [0.29, 0.717) is 0 Å². The summed E-state index contributed by atoms with van der Waals surface area (Å²) in [4.78, 5) is 0. The van der Waals surface area contributed by atoms with E-state index in [1.807, 2.05) is 0 Å². The zero-order valence-corrected chi connectivity index (χ0v) is 13.1. The van der Waals surface area contributed by atoms with Gasteiger partial charge in [0, 0.05) is 4.47 Å². The topological polar surface area (TPSA) is 0 Å². The average Bonchev–Trinajstić information content (AvgIpc) is 2.76. The molecule has 1 heteroatoms. The molecule has 0 atom stereocenters. The van der Waals surface area contributed by atoms with Crippen LogP contribution in [0, 0.1) is 20.8 Å². The predicted molar refractivity (Wildman–Crippen MR) is 86.5 cm³/mol. The second-order valence-electron chi connectivity index (χ2n) is 5.41. The molecule has 0 aliphatic heterocycles. The van der Waals surface area contributed by atoms with Crippen LogP contribution in [0.15, 0.2) is 34.8 Å². The molecule has 0 fully saturated rings. The third-order valence-electron chi connectivity index (χ3n) is 3.80. The lowest BCUT2D eigenvalue weighted by molar-refractivity contribution is 1.28. The quantitative estimate of drug-likeness (QED) is 0.642. The summed E-state index contributed by atoms with van der Waals surface area (Å²) >= 11 is 3.71. The van der Waals surface area contributed by atoms with Crippen LogP contribution in [0.3, 0.4) is 0 Å². The molecule has 3 rings (SSSR count). The molecule has 0 bridgehead atoms. The van der Waals surface area contributed by atoms with Gasteiger partial charge in [0.1, 0.15) is 0 Å². The molecular weight excluding hydrogens is 296 g/mol. The molecule has 0 saturated heterocycles. The Morgan fingerprint density at radius 2 is 1.63 bits per heavy atom. The number of rotatable bonds is 1. The summed E-state index contributed by atoms with van der Waals surface area (Å²) in [5.41, 5.74) is 9.51. The van der Waals surface area contributed by atoms with E-state index in [1.165, 1.54) is 43.4 Å². The van der Waals surface area contributed by atoms with Crippen LogP contribution in [0.25, 0.3) is 17.2 Å². The van der Waals surface area contributed by atoms with Gasteiger partial charge in [-0.05, 0) is 66.6 Å². The number of allylic oxidation sites excluding steroid dienone is 1. The summed E-state index contributed by atoms with van der Waals surface area (Å²) in [6, 6.07) is 9.12. The molecule has 0 N–H and O–H groups in total. The molecule has 0 aromatic heterocycles. The Kier molecular flexibility index (Phi) is 3.10. The fourth-order valence-corrected chi connectivity index (χ4v) is 3.75. The van der Waals surface area contributed by atoms with Crippen LogP contribution >= 0.6 is 15.9 Å². The molecule has 0 nitrogen and oxygen atoms in total. The van der Waals surface area contributed by atoms with Gasteiger partial charge in [-0.3, -0.25) is 0 Å². The Bertz CT molecular complexity index is 670. The molecule has 0 saturated carbocycles. The third kappa shape index (κ3) is 2.17. The van der Waals surface area contributed by atoms with E-state index < -0.39 is 0 Å². The molecule has 96 valence electrons. The monoisotopic (exact) mass is 312 g/mol. The molecule has 0 amide bonds. The van der Waals surface area contributed by atoms with E-state index in [-0.39, 0.29) is 0 Å². The van der Waals surface area contributed by atoms with E-state index >= 15 is 0 Å². The molecule has 0 radical (unpaired) electrons. The van der Waals surface area contributed by atoms with Crippen molar-refractivity contribution in [3.63, 3.8) is 0 Å². The van der Waals surface area contributed by atoms with E-state index in [2.05, 4.69) is 73.1 Å². The lowest BCUT2D eigenvalue weighted by atomic mass is 9.92. The maximum absolute atomic E-state index is 3.71. The molecule has 0 unspecified atom stereocenters. The number of fused-ring (bicyclic) bond motifs is 1. The van der Waals surface area contributed by atoms with Gasteiger partial charge in [-0.25, -0.2) is 0 Å². The van der Waals surface area contributed by atoms with Gasteiger partial charge < -0.3 is 0 Å². The lowest BCUT2D eigenvalue weighted by Gasteiger charge is -2.14. The minimum absolute atomic E-state index is 1.05. The standard InChI is InChI=1S/C18H17Br/c1-11-7-12(2)18(13(3)8-11)15-9-14-5-4-6-16(14)17(19)10-15/h4,6-10H,5H2,1-3H3. The minimum atomic E-state index is 1.05. The van der Waals surface area contributed by atoms with Crippen LogP contribution in [-0.2, 0) is 6.42 Å². The average molecular weight is 313 g/mol. The smallest absolute Gasteiger partial charge is 0.0256 e. The van der Waals surface area contributed by atoms with E-state index in [1.54, 1.807) is 0 Å². The maximum Gasteiger partial charge on any atom is 0.0256 e. The Labute approximate surface area is 123 Å². The van der Waals surface area contributed by atoms with Gasteiger partial charge >= 0.3 is 0 Å². The Morgan fingerprint density at radius 1 is 0.947 bits per heavy atom. The van der Waals surface area contributed by atoms with Crippen molar-refractivity contribution in [2.45, 2.75) is 27.2 Å². The normalized spacial score (nSPS) is 12.8. The first-order chi connectivity index (χ1) is 9.06. The highest BCUT2D eigenvalue weighted by atomic mass is 79.9. The second-order valence-corrected chi connectivity index (χ2v) is 6.27. The van der Waals surface area contributed by atoms with E-state index in [0.717, 1.165) is 6.42 Å². The number of benzene rings is 2. The van der Waals surface area contributed by atoms with Crippen molar-refractivity contribution in [3.8, 4) is 11.1 Å². The van der Waals surface area contributed by atoms with Crippen molar-refractivity contribution in [2.24, 2.45) is 0 Å². The van der Waals surface area contributed by atoms with Crippen LogP contribution in [-0.4, -0.2) is 0 Å². The lowest BCUT2D eigenvalue weighted by Crippen LogP contribution is -1.93. The van der Waals surface area contributed by atoms with Crippen LogP contribution < -0.4 is 0 Å². The maximum atomic E-state index is 3.71. The number of hydrogen-bond acceptors (Lipinski definition) is 0. The highest BCUT2D eigenvalue weighted by molar-refractivity contribution is 9.10. The van der Waals surface area contributed by atoms with E-state index in [4.69, 9.17) is 0 Å². The molecule has 1 aliphatic rings. The molecule has 2 aromatic rings. The summed E-state index contributed by atoms with van der Waals surface area (Å²) in [7, 11) is 0. The van der Waals surface area contributed by atoms with Gasteiger partial charge in [0.25, 0.3) is 0 Å². The molecule has 0 heterocycles. The minimum Gasteiger partial charge on any atom is -0.0795 e. The first-order valence-electron chi connectivity index (χ1n) is 6.63. The first kappa shape index (κ1) is 12.7. The highest BCUT2D eigenvalue weighted by Gasteiger charge is 2.13. The van der Waals surface area contributed by atoms with Gasteiger partial charge in [0.05, 0.1) is 0 Å². The highest BCUT2D eigenvalue weighted by Crippen LogP contribution is 2.36. The fraction of sp³-hybridized carbons (Fsp3) is 0.222. The van der Waals surface area contributed by atoms with Crippen molar-refractivity contribution in [1.29, 1.82) is 0 Å². The number of aryl methyl sites for hydroxylation is 3. The van der Waals surface area contributed by atoms with Crippen molar-refractivity contribution in [3.05, 3.63) is 62.6 Å². The largest absolute Gasteiger partial charge is 0.0795 e. The summed E-state index contributed by atoms with van der Waals surface area (Å²) in [5.74, 6) is 0.